The fourth-order valence-corrected chi connectivity index (χ4v) is 3.78. The van der Waals surface area contributed by atoms with Gasteiger partial charge in [-0.1, -0.05) is 38.8 Å². The van der Waals surface area contributed by atoms with Crippen molar-refractivity contribution in [1.82, 2.24) is 10.1 Å². The molecule has 1 saturated carbocycles. The molecule has 1 aliphatic rings. The third-order valence-electron chi connectivity index (χ3n) is 4.94. The maximum absolute atomic E-state index is 6.08. The third-order valence-corrected chi connectivity index (χ3v) is 4.94. The van der Waals surface area contributed by atoms with Crippen LogP contribution in [0.25, 0.3) is 0 Å². The van der Waals surface area contributed by atoms with E-state index in [1.54, 1.807) is 0 Å². The fraction of sp³-hybridized carbons (Fsp3) is 0.882. The molecule has 1 aromatic rings. The first-order valence-electron chi connectivity index (χ1n) is 8.62. The molecular weight excluding hydrogens is 262 g/mol. The zero-order valence-electron chi connectivity index (χ0n) is 14.0. The predicted molar refractivity (Wildman–Crippen MR) is 85.1 cm³/mol. The Morgan fingerprint density at radius 2 is 1.86 bits per heavy atom. The molecule has 0 bridgehead atoms. The van der Waals surface area contributed by atoms with Crippen LogP contribution in [0.5, 0.6) is 0 Å². The molecule has 1 heterocycles. The minimum atomic E-state index is 0.0404. The van der Waals surface area contributed by atoms with Gasteiger partial charge in [-0.2, -0.15) is 4.98 Å². The van der Waals surface area contributed by atoms with E-state index in [9.17, 15) is 0 Å². The van der Waals surface area contributed by atoms with E-state index in [0.29, 0.717) is 11.8 Å². The first-order valence-corrected chi connectivity index (χ1v) is 8.62. The normalized spacial score (nSPS) is 26.0. The van der Waals surface area contributed by atoms with Gasteiger partial charge in [0.15, 0.2) is 5.82 Å². The van der Waals surface area contributed by atoms with Crippen molar-refractivity contribution in [2.75, 3.05) is 0 Å². The van der Waals surface area contributed by atoms with Crippen LogP contribution >= 0.6 is 0 Å². The molecular formula is C17H31N3O. The highest BCUT2D eigenvalue weighted by Gasteiger charge is 2.29. The summed E-state index contributed by atoms with van der Waals surface area (Å²) >= 11 is 0. The number of nitrogens with zero attached hydrogens (tertiary/aromatic N) is 2. The maximum Gasteiger partial charge on any atom is 0.231 e. The topological polar surface area (TPSA) is 64.9 Å². The van der Waals surface area contributed by atoms with Gasteiger partial charge in [0.2, 0.25) is 5.89 Å². The van der Waals surface area contributed by atoms with Crippen molar-refractivity contribution in [3.8, 4) is 0 Å². The van der Waals surface area contributed by atoms with Crippen molar-refractivity contribution in [2.45, 2.75) is 84.1 Å². The summed E-state index contributed by atoms with van der Waals surface area (Å²) in [5.74, 6) is 3.60. The quantitative estimate of drug-likeness (QED) is 0.852. The molecule has 0 aromatic carbocycles. The zero-order chi connectivity index (χ0) is 15.4. The smallest absolute Gasteiger partial charge is 0.231 e. The predicted octanol–water partition coefficient (Wildman–Crippen LogP) is 4.23. The van der Waals surface area contributed by atoms with Crippen molar-refractivity contribution in [1.29, 1.82) is 0 Å². The molecule has 21 heavy (non-hydrogen) atoms. The van der Waals surface area contributed by atoms with E-state index >= 15 is 0 Å². The lowest BCUT2D eigenvalue weighted by Crippen LogP contribution is -2.28. The van der Waals surface area contributed by atoms with Crippen LogP contribution in [0.15, 0.2) is 4.52 Å². The Labute approximate surface area is 128 Å². The lowest BCUT2D eigenvalue weighted by atomic mass is 9.80. The van der Waals surface area contributed by atoms with Crippen LogP contribution in [0.3, 0.4) is 0 Å². The van der Waals surface area contributed by atoms with Crippen molar-refractivity contribution in [2.24, 2.45) is 17.6 Å². The number of nitrogens with two attached hydrogens (primary N) is 1. The second-order valence-electron chi connectivity index (χ2n) is 7.13. The Morgan fingerprint density at radius 3 is 2.38 bits per heavy atom. The molecule has 1 fully saturated rings. The van der Waals surface area contributed by atoms with Gasteiger partial charge in [-0.25, -0.2) is 0 Å². The fourth-order valence-electron chi connectivity index (χ4n) is 3.78. The molecule has 2 rings (SSSR count). The molecule has 0 spiro atoms. The average Bonchev–Trinajstić information content (AvgIpc) is 2.88. The Balaban J connectivity index is 2.00. The summed E-state index contributed by atoms with van der Waals surface area (Å²) in [5.41, 5.74) is 6.08. The molecule has 4 heteroatoms. The van der Waals surface area contributed by atoms with Crippen LogP contribution in [0.2, 0.25) is 0 Å². The van der Waals surface area contributed by atoms with E-state index in [1.165, 1.54) is 38.5 Å². The van der Waals surface area contributed by atoms with Crippen molar-refractivity contribution >= 4 is 0 Å². The van der Waals surface area contributed by atoms with Crippen LogP contribution in [-0.2, 0) is 0 Å². The zero-order valence-corrected chi connectivity index (χ0v) is 14.0. The molecule has 1 aliphatic carbocycles. The SMILES string of the molecule is CCCC1CCC(c2noc(C(C(C)C)C(C)N)n2)CC1. The highest BCUT2D eigenvalue weighted by atomic mass is 16.5. The van der Waals surface area contributed by atoms with Crippen LogP contribution in [-0.4, -0.2) is 16.2 Å². The average molecular weight is 293 g/mol. The highest BCUT2D eigenvalue weighted by Crippen LogP contribution is 2.37. The summed E-state index contributed by atoms with van der Waals surface area (Å²) in [6, 6.07) is 0.0404. The van der Waals surface area contributed by atoms with Gasteiger partial charge in [0.25, 0.3) is 0 Å². The van der Waals surface area contributed by atoms with E-state index in [1.807, 2.05) is 6.92 Å². The largest absolute Gasteiger partial charge is 0.339 e. The van der Waals surface area contributed by atoms with Gasteiger partial charge in [-0.05, 0) is 44.4 Å². The molecule has 0 saturated heterocycles. The first-order chi connectivity index (χ1) is 10.0. The van der Waals surface area contributed by atoms with Gasteiger partial charge < -0.3 is 10.3 Å². The Bertz CT molecular complexity index is 411. The second kappa shape index (κ2) is 7.39. The van der Waals surface area contributed by atoms with E-state index in [0.717, 1.165) is 17.6 Å². The van der Waals surface area contributed by atoms with Gasteiger partial charge in [-0.3, -0.25) is 0 Å². The van der Waals surface area contributed by atoms with E-state index < -0.39 is 0 Å². The summed E-state index contributed by atoms with van der Waals surface area (Å²) < 4.78 is 5.54. The minimum absolute atomic E-state index is 0.0404. The van der Waals surface area contributed by atoms with Gasteiger partial charge in [0.05, 0.1) is 5.92 Å². The molecule has 0 aliphatic heterocycles. The van der Waals surface area contributed by atoms with E-state index in [-0.39, 0.29) is 12.0 Å². The van der Waals surface area contributed by atoms with Crippen LogP contribution in [0, 0.1) is 11.8 Å². The Morgan fingerprint density at radius 1 is 1.19 bits per heavy atom. The van der Waals surface area contributed by atoms with Gasteiger partial charge >= 0.3 is 0 Å². The highest BCUT2D eigenvalue weighted by molar-refractivity contribution is 5.03. The molecule has 120 valence electrons. The number of rotatable bonds is 6. The standard InChI is InChI=1S/C17H31N3O/c1-5-6-13-7-9-14(10-8-13)16-19-17(21-20-16)15(11(2)3)12(4)18/h11-15H,5-10,18H2,1-4H3. The molecule has 0 radical (unpaired) electrons. The second-order valence-corrected chi connectivity index (χ2v) is 7.13. The monoisotopic (exact) mass is 293 g/mol. The molecule has 2 unspecified atom stereocenters. The molecule has 2 N–H and O–H groups in total. The van der Waals surface area contributed by atoms with Crippen molar-refractivity contribution < 1.29 is 4.52 Å². The summed E-state index contributed by atoms with van der Waals surface area (Å²) in [4.78, 5) is 4.69. The first kappa shape index (κ1) is 16.5. The van der Waals surface area contributed by atoms with Crippen LogP contribution < -0.4 is 5.73 Å². The molecule has 0 amide bonds. The molecule has 1 aromatic heterocycles. The lowest BCUT2D eigenvalue weighted by Gasteiger charge is -2.26. The summed E-state index contributed by atoms with van der Waals surface area (Å²) in [6.07, 6.45) is 7.69. The van der Waals surface area contributed by atoms with Crippen molar-refractivity contribution in [3.63, 3.8) is 0 Å². The van der Waals surface area contributed by atoms with Crippen molar-refractivity contribution in [3.05, 3.63) is 11.7 Å². The molecule has 4 nitrogen and oxygen atoms in total. The summed E-state index contributed by atoms with van der Waals surface area (Å²) in [7, 11) is 0. The third kappa shape index (κ3) is 4.06. The number of hydrogen-bond acceptors (Lipinski definition) is 4. The Hall–Kier alpha value is -0.900. The van der Waals surface area contributed by atoms with E-state index in [4.69, 9.17) is 15.2 Å². The van der Waals surface area contributed by atoms with E-state index in [2.05, 4.69) is 25.9 Å². The van der Waals surface area contributed by atoms with Gasteiger partial charge in [0.1, 0.15) is 0 Å². The van der Waals surface area contributed by atoms with Gasteiger partial charge in [-0.15, -0.1) is 0 Å². The summed E-state index contributed by atoms with van der Waals surface area (Å²) in [5, 5.41) is 4.25. The maximum atomic E-state index is 6.08. The number of aromatic nitrogens is 2. The van der Waals surface area contributed by atoms with Gasteiger partial charge in [0, 0.05) is 12.0 Å². The summed E-state index contributed by atoms with van der Waals surface area (Å²) in [6.45, 7) is 8.61. The molecule has 2 atom stereocenters. The number of hydrogen-bond donors (Lipinski definition) is 1. The van der Waals surface area contributed by atoms with Crippen LogP contribution in [0.4, 0.5) is 0 Å². The van der Waals surface area contributed by atoms with Crippen LogP contribution in [0.1, 0.15) is 89.8 Å². The Kier molecular flexibility index (Phi) is 5.80. The minimum Gasteiger partial charge on any atom is -0.339 e. The lowest BCUT2D eigenvalue weighted by molar-refractivity contribution is 0.284.